The van der Waals surface area contributed by atoms with Crippen LogP contribution in [0, 0.1) is 0 Å². The first-order chi connectivity index (χ1) is 14.8. The van der Waals surface area contributed by atoms with Crippen LogP contribution in [0.1, 0.15) is 11.3 Å². The van der Waals surface area contributed by atoms with Gasteiger partial charge in [0.25, 0.3) is 0 Å². The molecule has 144 valence electrons. The first-order valence-electron chi connectivity index (χ1n) is 9.98. The minimum Gasteiger partial charge on any atom is -0.315 e. The first kappa shape index (κ1) is 17.3. The van der Waals surface area contributed by atoms with Crippen molar-refractivity contribution < 1.29 is 0 Å². The van der Waals surface area contributed by atoms with E-state index in [1.165, 1.54) is 16.8 Å². The van der Waals surface area contributed by atoms with E-state index in [-0.39, 0.29) is 0 Å². The Morgan fingerprint density at radius 1 is 0.733 bits per heavy atom. The number of rotatable bonds is 3. The lowest BCUT2D eigenvalue weighted by molar-refractivity contribution is 0.981. The molecule has 0 fully saturated rings. The van der Waals surface area contributed by atoms with Crippen LogP contribution in [0.25, 0.3) is 33.5 Å². The third-order valence-corrected chi connectivity index (χ3v) is 5.91. The monoisotopic (exact) mass is 407 g/mol. The molecule has 0 amide bonds. The Bertz CT molecular complexity index is 1510. The van der Waals surface area contributed by atoms with E-state index >= 15 is 0 Å². The van der Waals surface area contributed by atoms with E-state index in [0.717, 1.165) is 39.3 Å². The van der Waals surface area contributed by atoms with Gasteiger partial charge >= 0.3 is 0 Å². The molecule has 3 heterocycles. The number of aromatic nitrogens is 3. The zero-order chi connectivity index (χ0) is 20.1. The van der Waals surface area contributed by atoms with E-state index in [9.17, 15) is 0 Å². The highest BCUT2D eigenvalue weighted by atomic mass is 35.5. The van der Waals surface area contributed by atoms with Crippen molar-refractivity contribution in [2.45, 2.75) is 6.42 Å². The minimum absolute atomic E-state index is 0.754. The van der Waals surface area contributed by atoms with E-state index in [0.29, 0.717) is 0 Å². The molecule has 0 N–H and O–H groups in total. The molecule has 0 saturated heterocycles. The Kier molecular flexibility index (Phi) is 3.90. The molecule has 0 aliphatic carbocycles. The number of halogens is 1. The molecule has 3 aromatic carbocycles. The lowest BCUT2D eigenvalue weighted by Gasteiger charge is -2.17. The molecule has 3 aromatic heterocycles. The van der Waals surface area contributed by atoms with Crippen molar-refractivity contribution in [3.63, 3.8) is 0 Å². The van der Waals surface area contributed by atoms with E-state index < -0.39 is 0 Å². The summed E-state index contributed by atoms with van der Waals surface area (Å²) in [5.74, 6) is 0. The van der Waals surface area contributed by atoms with Gasteiger partial charge in [0, 0.05) is 23.2 Å². The summed E-state index contributed by atoms with van der Waals surface area (Å²) in [7, 11) is 0. The third kappa shape index (κ3) is 2.63. The average Bonchev–Trinajstić information content (AvgIpc) is 3.41. The Morgan fingerprint density at radius 2 is 1.47 bits per heavy atom. The van der Waals surface area contributed by atoms with Gasteiger partial charge in [-0.15, -0.1) is 0 Å². The number of imidazole rings is 1. The molecule has 0 aliphatic rings. The largest absolute Gasteiger partial charge is 0.315 e. The van der Waals surface area contributed by atoms with Crippen LogP contribution >= 0.6 is 11.6 Å². The molecular formula is C26H18ClN3. The van der Waals surface area contributed by atoms with Crippen LogP contribution in [0.15, 0.2) is 97.2 Å². The highest BCUT2D eigenvalue weighted by Crippen LogP contribution is 2.33. The number of nitrogens with zero attached hydrogens (tertiary/aromatic N) is 3. The van der Waals surface area contributed by atoms with Gasteiger partial charge in [-0.25, -0.2) is 4.98 Å². The van der Waals surface area contributed by atoms with Crippen molar-refractivity contribution in [1.29, 1.82) is 0 Å². The second-order valence-electron chi connectivity index (χ2n) is 7.49. The van der Waals surface area contributed by atoms with Crippen molar-refractivity contribution in [3.8, 4) is 11.3 Å². The Labute approximate surface area is 178 Å². The SMILES string of the molecule is Clc1ccc(Cc2c(-c3ccccc3)n3c4ccccc4nc3c3cccn23)cc1. The van der Waals surface area contributed by atoms with E-state index in [1.807, 2.05) is 18.2 Å². The Morgan fingerprint density at radius 3 is 2.30 bits per heavy atom. The van der Waals surface area contributed by atoms with Gasteiger partial charge in [-0.2, -0.15) is 0 Å². The maximum absolute atomic E-state index is 6.13. The standard InChI is InChI=1S/C26H18ClN3/c27-20-14-12-18(13-15-20)17-24-25(19-7-2-1-3-8-19)30-22-10-5-4-9-21(22)28-26(30)23-11-6-16-29(23)24/h1-16H,17H2. The molecular weight excluding hydrogens is 390 g/mol. The lowest BCUT2D eigenvalue weighted by atomic mass is 10.0. The first-order valence-corrected chi connectivity index (χ1v) is 10.4. The summed E-state index contributed by atoms with van der Waals surface area (Å²) in [6, 6.07) is 31.3. The van der Waals surface area contributed by atoms with Crippen molar-refractivity contribution >= 4 is 33.8 Å². The van der Waals surface area contributed by atoms with Crippen LogP contribution < -0.4 is 0 Å². The van der Waals surface area contributed by atoms with Gasteiger partial charge < -0.3 is 4.40 Å². The third-order valence-electron chi connectivity index (χ3n) is 5.66. The highest BCUT2D eigenvalue weighted by Gasteiger charge is 2.19. The quantitative estimate of drug-likeness (QED) is 0.322. The van der Waals surface area contributed by atoms with Gasteiger partial charge in [0.05, 0.1) is 27.9 Å². The Hall–Kier alpha value is -3.56. The second kappa shape index (κ2) is 6.75. The van der Waals surface area contributed by atoms with Gasteiger partial charge in [0.15, 0.2) is 5.65 Å². The zero-order valence-corrected chi connectivity index (χ0v) is 16.9. The number of para-hydroxylation sites is 2. The van der Waals surface area contributed by atoms with E-state index in [1.54, 1.807) is 0 Å². The maximum atomic E-state index is 6.13. The molecule has 0 unspecified atom stereocenters. The van der Waals surface area contributed by atoms with Crippen LogP contribution in [0.4, 0.5) is 0 Å². The fourth-order valence-electron chi connectivity index (χ4n) is 4.32. The van der Waals surface area contributed by atoms with Crippen LogP contribution in [0.2, 0.25) is 5.02 Å². The average molecular weight is 408 g/mol. The van der Waals surface area contributed by atoms with Gasteiger partial charge in [-0.05, 0) is 42.0 Å². The fourth-order valence-corrected chi connectivity index (χ4v) is 4.45. The molecule has 0 aliphatic heterocycles. The molecule has 30 heavy (non-hydrogen) atoms. The number of hydrogen-bond acceptors (Lipinski definition) is 1. The van der Waals surface area contributed by atoms with Crippen molar-refractivity contribution in [2.75, 3.05) is 0 Å². The van der Waals surface area contributed by atoms with Gasteiger partial charge in [-0.1, -0.05) is 66.2 Å². The minimum atomic E-state index is 0.754. The molecule has 3 nitrogen and oxygen atoms in total. The number of benzene rings is 3. The highest BCUT2D eigenvalue weighted by molar-refractivity contribution is 6.30. The molecule has 0 radical (unpaired) electrons. The summed E-state index contributed by atoms with van der Waals surface area (Å²) in [5, 5.41) is 0.754. The molecule has 0 saturated carbocycles. The van der Waals surface area contributed by atoms with Crippen LogP contribution in [0.3, 0.4) is 0 Å². The molecule has 0 bridgehead atoms. The number of fused-ring (bicyclic) bond motifs is 5. The fraction of sp³-hybridized carbons (Fsp3) is 0.0385. The molecule has 6 aromatic rings. The smallest absolute Gasteiger partial charge is 0.162 e. The lowest BCUT2D eigenvalue weighted by Crippen LogP contribution is -2.07. The molecule has 0 spiro atoms. The second-order valence-corrected chi connectivity index (χ2v) is 7.92. The zero-order valence-electron chi connectivity index (χ0n) is 16.2. The number of hydrogen-bond donors (Lipinski definition) is 0. The molecule has 0 atom stereocenters. The maximum Gasteiger partial charge on any atom is 0.162 e. The van der Waals surface area contributed by atoms with Gasteiger partial charge in [0.2, 0.25) is 0 Å². The van der Waals surface area contributed by atoms with Crippen molar-refractivity contribution in [1.82, 2.24) is 13.8 Å². The molecule has 6 rings (SSSR count). The summed E-state index contributed by atoms with van der Waals surface area (Å²) in [6.45, 7) is 0. The van der Waals surface area contributed by atoms with Crippen molar-refractivity contribution in [3.05, 3.63) is 113 Å². The predicted octanol–water partition coefficient (Wildman–Crippen LogP) is 6.65. The summed E-state index contributed by atoms with van der Waals surface area (Å²) >= 11 is 6.13. The van der Waals surface area contributed by atoms with Gasteiger partial charge in [0.1, 0.15) is 0 Å². The Balaban J connectivity index is 1.77. The molecule has 4 heteroatoms. The topological polar surface area (TPSA) is 21.7 Å². The summed E-state index contributed by atoms with van der Waals surface area (Å²) in [6.07, 6.45) is 2.92. The summed E-state index contributed by atoms with van der Waals surface area (Å²) < 4.78 is 4.59. The predicted molar refractivity (Wildman–Crippen MR) is 123 cm³/mol. The van der Waals surface area contributed by atoms with Crippen LogP contribution in [-0.4, -0.2) is 13.8 Å². The van der Waals surface area contributed by atoms with Crippen molar-refractivity contribution in [2.24, 2.45) is 0 Å². The van der Waals surface area contributed by atoms with Gasteiger partial charge in [-0.3, -0.25) is 4.40 Å². The summed E-state index contributed by atoms with van der Waals surface area (Å²) in [5.41, 5.74) is 8.97. The normalized spacial score (nSPS) is 11.6. The van der Waals surface area contributed by atoms with Crippen LogP contribution in [0.5, 0.6) is 0 Å². The van der Waals surface area contributed by atoms with Crippen LogP contribution in [-0.2, 0) is 6.42 Å². The van der Waals surface area contributed by atoms with E-state index in [4.69, 9.17) is 16.6 Å². The van der Waals surface area contributed by atoms with E-state index in [2.05, 4.69) is 87.8 Å². The summed E-state index contributed by atoms with van der Waals surface area (Å²) in [4.78, 5) is 4.99.